The highest BCUT2D eigenvalue weighted by Gasteiger charge is 2.41. The van der Waals surface area contributed by atoms with Gasteiger partial charge in [-0.05, 0) is 48.0 Å². The Morgan fingerprint density at radius 2 is 1.74 bits per heavy atom. The smallest absolute Gasteiger partial charge is 0.226 e. The Morgan fingerprint density at radius 3 is 2.51 bits per heavy atom. The first-order valence-electron chi connectivity index (χ1n) is 10.9. The van der Waals surface area contributed by atoms with Crippen molar-refractivity contribution in [3.05, 3.63) is 99.5 Å². The lowest BCUT2D eigenvalue weighted by Crippen LogP contribution is -2.32. The molecule has 0 unspecified atom stereocenters. The highest BCUT2D eigenvalue weighted by atomic mass is 79.9. The summed E-state index contributed by atoms with van der Waals surface area (Å²) < 4.78 is 34.7. The van der Waals surface area contributed by atoms with Gasteiger partial charge in [0.1, 0.15) is 30.0 Å². The molecule has 0 fully saturated rings. The summed E-state index contributed by atoms with van der Waals surface area (Å²) in [6.45, 7) is 0. The van der Waals surface area contributed by atoms with Crippen molar-refractivity contribution in [2.24, 2.45) is 0 Å². The molecular weight excluding hydrogens is 515 g/mol. The van der Waals surface area contributed by atoms with Gasteiger partial charge in [-0.15, -0.1) is 0 Å². The van der Waals surface area contributed by atoms with E-state index in [9.17, 15) is 4.39 Å². The van der Waals surface area contributed by atoms with Crippen molar-refractivity contribution in [3.8, 4) is 17.2 Å². The standard InChI is InChI=1S/C26H20BrFN4O3/c1-33-20-9-5-15(11-21(20)34-2)25-22-23(18-12-17(28)8-10-19(18)35-25)31-26-29-13-30-32(26)24(22)14-3-6-16(27)7-4-14/h3-13,24-25H,1-2H3,(H,29,30,31)/t24-,25+/m0/s1. The monoisotopic (exact) mass is 534 g/mol. The second-order valence-corrected chi connectivity index (χ2v) is 9.11. The molecule has 3 heterocycles. The molecule has 176 valence electrons. The molecule has 35 heavy (non-hydrogen) atoms. The SMILES string of the molecule is COc1ccc([C@H]2Oc3ccc(F)cc3C3=C2[C@H](c2ccc(Br)cc2)n2ncnc2N3)cc1OC. The number of nitrogens with zero attached hydrogens (tertiary/aromatic N) is 3. The Morgan fingerprint density at radius 1 is 0.971 bits per heavy atom. The van der Waals surface area contributed by atoms with Gasteiger partial charge in [0.15, 0.2) is 11.5 Å². The number of methoxy groups -OCH3 is 2. The fourth-order valence-electron chi connectivity index (χ4n) is 4.70. The molecule has 0 spiro atoms. The summed E-state index contributed by atoms with van der Waals surface area (Å²) >= 11 is 3.52. The first kappa shape index (κ1) is 21.7. The zero-order valence-corrected chi connectivity index (χ0v) is 20.4. The predicted octanol–water partition coefficient (Wildman–Crippen LogP) is 5.76. The number of nitrogens with one attached hydrogen (secondary N) is 1. The van der Waals surface area contributed by atoms with E-state index in [0.29, 0.717) is 28.8 Å². The third-order valence-corrected chi connectivity index (χ3v) is 6.80. The average Bonchev–Trinajstić information content (AvgIpc) is 3.35. The maximum absolute atomic E-state index is 14.4. The summed E-state index contributed by atoms with van der Waals surface area (Å²) in [6, 6.07) is 17.9. The zero-order valence-electron chi connectivity index (χ0n) is 18.8. The quantitative estimate of drug-likeness (QED) is 0.359. The molecule has 0 aliphatic carbocycles. The van der Waals surface area contributed by atoms with E-state index >= 15 is 0 Å². The van der Waals surface area contributed by atoms with Gasteiger partial charge in [-0.1, -0.05) is 34.1 Å². The molecule has 2 atom stereocenters. The lowest BCUT2D eigenvalue weighted by molar-refractivity contribution is 0.222. The van der Waals surface area contributed by atoms with E-state index in [2.05, 4.69) is 31.3 Å². The van der Waals surface area contributed by atoms with Crippen molar-refractivity contribution in [1.29, 1.82) is 0 Å². The third-order valence-electron chi connectivity index (χ3n) is 6.27. The van der Waals surface area contributed by atoms with Crippen LogP contribution in [0.1, 0.15) is 28.8 Å². The maximum Gasteiger partial charge on any atom is 0.226 e. The minimum absolute atomic E-state index is 0.341. The minimum atomic E-state index is -0.513. The second-order valence-electron chi connectivity index (χ2n) is 8.19. The molecule has 0 saturated heterocycles. The van der Waals surface area contributed by atoms with Crippen LogP contribution in [0.3, 0.4) is 0 Å². The molecule has 2 aliphatic heterocycles. The van der Waals surface area contributed by atoms with E-state index in [4.69, 9.17) is 14.2 Å². The normalized spacial score (nSPS) is 18.1. The molecule has 4 aromatic rings. The highest BCUT2D eigenvalue weighted by molar-refractivity contribution is 9.10. The van der Waals surface area contributed by atoms with Crippen LogP contribution in [-0.4, -0.2) is 29.0 Å². The number of ether oxygens (including phenoxy) is 3. The second kappa shape index (κ2) is 8.42. The van der Waals surface area contributed by atoms with Gasteiger partial charge in [0, 0.05) is 21.2 Å². The van der Waals surface area contributed by atoms with Crippen LogP contribution < -0.4 is 19.5 Å². The van der Waals surface area contributed by atoms with Crippen LogP contribution in [0.5, 0.6) is 17.2 Å². The Balaban J connectivity index is 1.61. The fraction of sp³-hybridized carbons (Fsp3) is 0.154. The molecule has 0 bridgehead atoms. The third kappa shape index (κ3) is 3.54. The van der Waals surface area contributed by atoms with E-state index in [1.165, 1.54) is 18.5 Å². The van der Waals surface area contributed by atoms with Crippen LogP contribution in [0.25, 0.3) is 5.70 Å². The summed E-state index contributed by atoms with van der Waals surface area (Å²) in [5.74, 6) is 2.00. The van der Waals surface area contributed by atoms with Gasteiger partial charge in [0.25, 0.3) is 0 Å². The number of aromatic nitrogens is 3. The van der Waals surface area contributed by atoms with Crippen molar-refractivity contribution in [2.45, 2.75) is 12.1 Å². The number of anilines is 1. The van der Waals surface area contributed by atoms with Crippen LogP contribution in [0, 0.1) is 5.82 Å². The number of fused-ring (bicyclic) bond motifs is 3. The molecule has 7 nitrogen and oxygen atoms in total. The van der Waals surface area contributed by atoms with Crippen molar-refractivity contribution in [1.82, 2.24) is 14.8 Å². The van der Waals surface area contributed by atoms with E-state index in [-0.39, 0.29) is 11.9 Å². The molecule has 0 amide bonds. The van der Waals surface area contributed by atoms with E-state index in [1.807, 2.05) is 47.1 Å². The Kier molecular flexibility index (Phi) is 5.21. The van der Waals surface area contributed by atoms with E-state index < -0.39 is 6.10 Å². The van der Waals surface area contributed by atoms with Gasteiger partial charge in [-0.25, -0.2) is 9.07 Å². The predicted molar refractivity (Wildman–Crippen MR) is 132 cm³/mol. The Bertz CT molecular complexity index is 1470. The molecule has 6 rings (SSSR count). The van der Waals surface area contributed by atoms with Gasteiger partial charge < -0.3 is 19.5 Å². The molecule has 3 aromatic carbocycles. The first-order chi connectivity index (χ1) is 17.1. The van der Waals surface area contributed by atoms with Gasteiger partial charge >= 0.3 is 0 Å². The Labute approximate surface area is 209 Å². The van der Waals surface area contributed by atoms with Gasteiger partial charge in [0.2, 0.25) is 5.95 Å². The van der Waals surface area contributed by atoms with Gasteiger partial charge in [0.05, 0.1) is 19.9 Å². The number of rotatable bonds is 4. The topological polar surface area (TPSA) is 70.4 Å². The number of hydrogen-bond donors (Lipinski definition) is 1. The van der Waals surface area contributed by atoms with Crippen LogP contribution in [0.4, 0.5) is 10.3 Å². The van der Waals surface area contributed by atoms with E-state index in [1.54, 1.807) is 20.3 Å². The molecule has 9 heteroatoms. The van der Waals surface area contributed by atoms with Crippen LogP contribution in [-0.2, 0) is 0 Å². The fourth-order valence-corrected chi connectivity index (χ4v) is 4.96. The molecule has 2 aliphatic rings. The lowest BCUT2D eigenvalue weighted by Gasteiger charge is -2.39. The van der Waals surface area contributed by atoms with Gasteiger partial charge in [-0.2, -0.15) is 10.1 Å². The Hall–Kier alpha value is -3.85. The zero-order chi connectivity index (χ0) is 24.1. The van der Waals surface area contributed by atoms with Crippen molar-refractivity contribution in [3.63, 3.8) is 0 Å². The van der Waals surface area contributed by atoms with Gasteiger partial charge in [-0.3, -0.25) is 0 Å². The van der Waals surface area contributed by atoms with Crippen molar-refractivity contribution < 1.29 is 18.6 Å². The van der Waals surface area contributed by atoms with Crippen LogP contribution in [0.2, 0.25) is 0 Å². The largest absolute Gasteiger partial charge is 0.493 e. The van der Waals surface area contributed by atoms with Crippen LogP contribution in [0.15, 0.2) is 77.0 Å². The summed E-state index contributed by atoms with van der Waals surface area (Å²) in [4.78, 5) is 4.41. The highest BCUT2D eigenvalue weighted by Crippen LogP contribution is 2.51. The molecule has 1 aromatic heterocycles. The molecular formula is C26H20BrFN4O3. The van der Waals surface area contributed by atoms with E-state index in [0.717, 1.165) is 26.9 Å². The number of benzene rings is 3. The van der Waals surface area contributed by atoms with Crippen LogP contribution >= 0.6 is 15.9 Å². The average molecular weight is 535 g/mol. The summed E-state index contributed by atoms with van der Waals surface area (Å²) in [7, 11) is 3.20. The molecule has 0 saturated carbocycles. The van der Waals surface area contributed by atoms with Crippen molar-refractivity contribution >= 4 is 27.6 Å². The number of halogens is 2. The summed E-state index contributed by atoms with van der Waals surface area (Å²) in [5.41, 5.74) is 4.11. The van der Waals surface area contributed by atoms with Crippen molar-refractivity contribution in [2.75, 3.05) is 19.5 Å². The molecule has 0 radical (unpaired) electrons. The summed E-state index contributed by atoms with van der Waals surface area (Å²) in [5, 5.41) is 7.90. The summed E-state index contributed by atoms with van der Waals surface area (Å²) in [6.07, 6.45) is 0.993. The maximum atomic E-state index is 14.4. The first-order valence-corrected chi connectivity index (χ1v) is 11.7. The lowest BCUT2D eigenvalue weighted by atomic mass is 9.84. The molecule has 1 N–H and O–H groups in total. The number of hydrogen-bond acceptors (Lipinski definition) is 6. The minimum Gasteiger partial charge on any atom is -0.493 e.